The summed E-state index contributed by atoms with van der Waals surface area (Å²) in [4.78, 5) is 22.8. The quantitative estimate of drug-likeness (QED) is 0.844. The van der Waals surface area contributed by atoms with Crippen molar-refractivity contribution < 1.29 is 9.59 Å². The number of aldehydes is 1. The number of hydrogen-bond donors (Lipinski definition) is 1. The lowest BCUT2D eigenvalue weighted by atomic mass is 10.0. The van der Waals surface area contributed by atoms with Gasteiger partial charge in [0, 0.05) is 11.1 Å². The second-order valence-corrected chi connectivity index (χ2v) is 4.58. The van der Waals surface area contributed by atoms with Crippen molar-refractivity contribution in [3.63, 3.8) is 0 Å². The van der Waals surface area contributed by atoms with Gasteiger partial charge in [-0.05, 0) is 24.1 Å². The molecular weight excluding hydrogens is 250 g/mol. The molecule has 0 aliphatic heterocycles. The average Bonchev–Trinajstić information content (AvgIpc) is 2.53. The number of carbonyl (C=O) groups is 2. The van der Waals surface area contributed by atoms with E-state index in [1.807, 2.05) is 37.3 Å². The predicted octanol–water partition coefficient (Wildman–Crippen LogP) is 3.38. The Hall–Kier alpha value is -2.42. The first kappa shape index (κ1) is 14.0. The molecule has 0 radical (unpaired) electrons. The van der Waals surface area contributed by atoms with Gasteiger partial charge in [0.25, 0.3) is 5.91 Å². The van der Waals surface area contributed by atoms with E-state index in [-0.39, 0.29) is 11.9 Å². The van der Waals surface area contributed by atoms with Crippen molar-refractivity contribution in [3.8, 4) is 0 Å². The topological polar surface area (TPSA) is 46.2 Å². The van der Waals surface area contributed by atoms with Gasteiger partial charge in [0.05, 0.1) is 6.04 Å². The fourth-order valence-electron chi connectivity index (χ4n) is 2.06. The second kappa shape index (κ2) is 6.66. The Bertz CT molecular complexity index is 576. The summed E-state index contributed by atoms with van der Waals surface area (Å²) >= 11 is 0. The first-order valence-corrected chi connectivity index (χ1v) is 6.65. The van der Waals surface area contributed by atoms with Crippen LogP contribution in [-0.4, -0.2) is 12.2 Å². The van der Waals surface area contributed by atoms with E-state index >= 15 is 0 Å². The van der Waals surface area contributed by atoms with Crippen LogP contribution in [-0.2, 0) is 0 Å². The van der Waals surface area contributed by atoms with Crippen molar-refractivity contribution in [2.75, 3.05) is 0 Å². The van der Waals surface area contributed by atoms with Gasteiger partial charge >= 0.3 is 0 Å². The maximum Gasteiger partial charge on any atom is 0.251 e. The number of carbonyl (C=O) groups excluding carboxylic acids is 2. The van der Waals surface area contributed by atoms with Gasteiger partial charge in [-0.3, -0.25) is 9.59 Å². The molecule has 102 valence electrons. The van der Waals surface area contributed by atoms with Crippen LogP contribution < -0.4 is 5.32 Å². The molecule has 1 amide bonds. The maximum absolute atomic E-state index is 12.1. The standard InChI is InChI=1S/C17H17NO2/c1-2-16(14-10-8-13(12-19)9-11-14)18-17(20)15-6-4-3-5-7-15/h3-12,16H,2H2,1H3,(H,18,20)/t16-/m0/s1. The number of nitrogens with one attached hydrogen (secondary N) is 1. The highest BCUT2D eigenvalue weighted by Gasteiger charge is 2.13. The van der Waals surface area contributed by atoms with Gasteiger partial charge in [-0.1, -0.05) is 49.4 Å². The zero-order valence-electron chi connectivity index (χ0n) is 11.4. The van der Waals surface area contributed by atoms with Crippen molar-refractivity contribution in [1.29, 1.82) is 0 Å². The highest BCUT2D eigenvalue weighted by Crippen LogP contribution is 2.17. The Balaban J connectivity index is 2.12. The summed E-state index contributed by atoms with van der Waals surface area (Å²) < 4.78 is 0. The van der Waals surface area contributed by atoms with Crippen LogP contribution in [0.15, 0.2) is 54.6 Å². The molecule has 0 saturated heterocycles. The number of rotatable bonds is 5. The minimum atomic E-state index is -0.0862. The van der Waals surface area contributed by atoms with Crippen LogP contribution in [0.3, 0.4) is 0 Å². The fourth-order valence-corrected chi connectivity index (χ4v) is 2.06. The first-order valence-electron chi connectivity index (χ1n) is 6.65. The fraction of sp³-hybridized carbons (Fsp3) is 0.176. The average molecular weight is 267 g/mol. The first-order chi connectivity index (χ1) is 9.74. The summed E-state index contributed by atoms with van der Waals surface area (Å²) in [6.07, 6.45) is 1.60. The molecule has 3 nitrogen and oxygen atoms in total. The van der Waals surface area contributed by atoms with E-state index in [9.17, 15) is 9.59 Å². The lowest BCUT2D eigenvalue weighted by Crippen LogP contribution is -2.28. The largest absolute Gasteiger partial charge is 0.345 e. The van der Waals surface area contributed by atoms with Gasteiger partial charge in [0.1, 0.15) is 6.29 Å². The molecule has 0 aromatic heterocycles. The molecule has 1 atom stereocenters. The molecule has 2 aromatic carbocycles. The molecular formula is C17H17NO2. The van der Waals surface area contributed by atoms with Crippen LogP contribution in [0.1, 0.15) is 45.7 Å². The third-order valence-corrected chi connectivity index (χ3v) is 3.22. The predicted molar refractivity (Wildman–Crippen MR) is 78.8 cm³/mol. The molecule has 0 spiro atoms. The number of amides is 1. The minimum Gasteiger partial charge on any atom is -0.345 e. The molecule has 0 aliphatic rings. The zero-order valence-corrected chi connectivity index (χ0v) is 11.4. The van der Waals surface area contributed by atoms with Gasteiger partial charge in [-0.25, -0.2) is 0 Å². The summed E-state index contributed by atoms with van der Waals surface area (Å²) in [5.41, 5.74) is 2.29. The monoisotopic (exact) mass is 267 g/mol. The molecule has 20 heavy (non-hydrogen) atoms. The molecule has 0 fully saturated rings. The van der Waals surface area contributed by atoms with E-state index in [2.05, 4.69) is 5.32 Å². The Morgan fingerprint density at radius 3 is 2.30 bits per heavy atom. The maximum atomic E-state index is 12.1. The summed E-state index contributed by atoms with van der Waals surface area (Å²) in [6, 6.07) is 16.4. The van der Waals surface area contributed by atoms with Crippen LogP contribution in [0.2, 0.25) is 0 Å². The molecule has 2 rings (SSSR count). The summed E-state index contributed by atoms with van der Waals surface area (Å²) in [5.74, 6) is -0.0862. The van der Waals surface area contributed by atoms with Crippen LogP contribution in [0.25, 0.3) is 0 Å². The van der Waals surface area contributed by atoms with Crippen LogP contribution >= 0.6 is 0 Å². The van der Waals surface area contributed by atoms with Gasteiger partial charge in [-0.15, -0.1) is 0 Å². The van der Waals surface area contributed by atoms with E-state index in [1.54, 1.807) is 24.3 Å². The number of hydrogen-bond acceptors (Lipinski definition) is 2. The number of benzene rings is 2. The summed E-state index contributed by atoms with van der Waals surface area (Å²) in [7, 11) is 0. The second-order valence-electron chi connectivity index (χ2n) is 4.58. The van der Waals surface area contributed by atoms with Crippen LogP contribution in [0.5, 0.6) is 0 Å². The van der Waals surface area contributed by atoms with E-state index in [0.29, 0.717) is 11.1 Å². The van der Waals surface area contributed by atoms with Crippen molar-refractivity contribution in [3.05, 3.63) is 71.3 Å². The SMILES string of the molecule is CC[C@H](NC(=O)c1ccccc1)c1ccc(C=O)cc1. The molecule has 1 N–H and O–H groups in total. The lowest BCUT2D eigenvalue weighted by molar-refractivity contribution is 0.0935. The van der Waals surface area contributed by atoms with Crippen LogP contribution in [0, 0.1) is 0 Å². The molecule has 0 saturated carbocycles. The van der Waals surface area contributed by atoms with Crippen molar-refractivity contribution in [2.24, 2.45) is 0 Å². The van der Waals surface area contributed by atoms with E-state index in [1.165, 1.54) is 0 Å². The Kier molecular flexibility index (Phi) is 4.66. The van der Waals surface area contributed by atoms with Gasteiger partial charge in [0.15, 0.2) is 0 Å². The highest BCUT2D eigenvalue weighted by molar-refractivity contribution is 5.94. The van der Waals surface area contributed by atoms with Gasteiger partial charge in [0.2, 0.25) is 0 Å². The van der Waals surface area contributed by atoms with Gasteiger partial charge in [-0.2, -0.15) is 0 Å². The zero-order chi connectivity index (χ0) is 14.4. The van der Waals surface area contributed by atoms with E-state index in [0.717, 1.165) is 18.3 Å². The van der Waals surface area contributed by atoms with Crippen molar-refractivity contribution in [1.82, 2.24) is 5.32 Å². The smallest absolute Gasteiger partial charge is 0.251 e. The Morgan fingerprint density at radius 2 is 1.75 bits per heavy atom. The summed E-state index contributed by atoms with van der Waals surface area (Å²) in [5, 5.41) is 3.01. The normalized spacial score (nSPS) is 11.7. The minimum absolute atomic E-state index is 0.0524. The molecule has 0 aliphatic carbocycles. The molecule has 0 unspecified atom stereocenters. The summed E-state index contributed by atoms with van der Waals surface area (Å²) in [6.45, 7) is 2.02. The lowest BCUT2D eigenvalue weighted by Gasteiger charge is -2.17. The molecule has 2 aromatic rings. The van der Waals surface area contributed by atoms with E-state index in [4.69, 9.17) is 0 Å². The molecule has 3 heteroatoms. The molecule has 0 heterocycles. The third-order valence-electron chi connectivity index (χ3n) is 3.22. The van der Waals surface area contributed by atoms with Crippen molar-refractivity contribution >= 4 is 12.2 Å². The Morgan fingerprint density at radius 1 is 1.10 bits per heavy atom. The van der Waals surface area contributed by atoms with Crippen molar-refractivity contribution in [2.45, 2.75) is 19.4 Å². The molecule has 0 bridgehead atoms. The Labute approximate surface area is 118 Å². The van der Waals surface area contributed by atoms with Crippen LogP contribution in [0.4, 0.5) is 0 Å². The third kappa shape index (κ3) is 3.32. The highest BCUT2D eigenvalue weighted by atomic mass is 16.1. The van der Waals surface area contributed by atoms with E-state index < -0.39 is 0 Å². The van der Waals surface area contributed by atoms with Gasteiger partial charge < -0.3 is 5.32 Å².